The van der Waals surface area contributed by atoms with Gasteiger partial charge in [0.1, 0.15) is 12.6 Å². The average Bonchev–Trinajstić information content (AvgIpc) is 2.42. The first-order chi connectivity index (χ1) is 9.04. The molecule has 0 spiro atoms. The molecule has 1 heterocycles. The minimum absolute atomic E-state index is 0. The van der Waals surface area contributed by atoms with Gasteiger partial charge in [-0.2, -0.15) is 0 Å². The summed E-state index contributed by atoms with van der Waals surface area (Å²) in [4.78, 5) is 1.75. The number of hydrogen-bond acceptors (Lipinski definition) is 3. The van der Waals surface area contributed by atoms with Crippen LogP contribution < -0.4 is 5.32 Å². The number of rotatable bonds is 4. The summed E-state index contributed by atoms with van der Waals surface area (Å²) in [5.74, 6) is -3.13. The molecule has 0 radical (unpaired) electrons. The molecule has 1 atom stereocenters. The molecule has 6 heteroatoms. The van der Waals surface area contributed by atoms with Gasteiger partial charge < -0.3 is 10.4 Å². The zero-order chi connectivity index (χ0) is 13.9. The van der Waals surface area contributed by atoms with Crippen LogP contribution in [0.1, 0.15) is 17.2 Å². The van der Waals surface area contributed by atoms with Crippen molar-refractivity contribution in [3.63, 3.8) is 0 Å². The first-order valence-electron chi connectivity index (χ1n) is 6.54. The van der Waals surface area contributed by atoms with Crippen LogP contribution in [0.25, 0.3) is 0 Å². The molecule has 0 unspecified atom stereocenters. The van der Waals surface area contributed by atoms with Crippen LogP contribution in [-0.4, -0.2) is 48.7 Å². The maximum atomic E-state index is 14.1. The number of piperazine rings is 1. The largest absolute Gasteiger partial charge is 0.390 e. The molecule has 2 rings (SSSR count). The van der Waals surface area contributed by atoms with E-state index >= 15 is 0 Å². The Morgan fingerprint density at radius 1 is 1.25 bits per heavy atom. The van der Waals surface area contributed by atoms with Crippen molar-refractivity contribution in [2.75, 3.05) is 32.8 Å². The van der Waals surface area contributed by atoms with Crippen LogP contribution in [0, 0.1) is 6.92 Å². The van der Waals surface area contributed by atoms with Gasteiger partial charge in [-0.15, -0.1) is 12.4 Å². The Morgan fingerprint density at radius 3 is 2.30 bits per heavy atom. The predicted molar refractivity (Wildman–Crippen MR) is 77.6 cm³/mol. The number of aliphatic hydroxyl groups excluding tert-OH is 1. The predicted octanol–water partition coefficient (Wildman–Crippen LogP) is 1.99. The lowest BCUT2D eigenvalue weighted by atomic mass is 9.97. The lowest BCUT2D eigenvalue weighted by Gasteiger charge is -2.38. The molecule has 1 aromatic rings. The molecular weight excluding hydrogens is 286 g/mol. The molecular formula is C14H21ClF2N2O. The summed E-state index contributed by atoms with van der Waals surface area (Å²) in [6.07, 6.45) is 0. The summed E-state index contributed by atoms with van der Waals surface area (Å²) < 4.78 is 28.2. The first-order valence-corrected chi connectivity index (χ1v) is 6.54. The van der Waals surface area contributed by atoms with Crippen LogP contribution in [0.2, 0.25) is 0 Å². The molecule has 0 amide bonds. The van der Waals surface area contributed by atoms with Crippen molar-refractivity contribution < 1.29 is 13.9 Å². The van der Waals surface area contributed by atoms with Gasteiger partial charge in [0.15, 0.2) is 0 Å². The number of aryl methyl sites for hydroxylation is 1. The smallest absolute Gasteiger partial charge is 0.289 e. The van der Waals surface area contributed by atoms with Crippen LogP contribution in [0.4, 0.5) is 8.78 Å². The Balaban J connectivity index is 0.00000200. The minimum Gasteiger partial charge on any atom is -0.390 e. The minimum atomic E-state index is -3.13. The lowest BCUT2D eigenvalue weighted by Crippen LogP contribution is -2.51. The van der Waals surface area contributed by atoms with Crippen molar-refractivity contribution in [2.45, 2.75) is 18.9 Å². The van der Waals surface area contributed by atoms with Gasteiger partial charge in [-0.1, -0.05) is 29.8 Å². The molecule has 0 saturated carbocycles. The molecule has 1 aliphatic heterocycles. The number of aliphatic hydroxyl groups is 1. The Morgan fingerprint density at radius 2 is 1.80 bits per heavy atom. The van der Waals surface area contributed by atoms with E-state index in [1.165, 1.54) is 0 Å². The molecule has 1 aliphatic rings. The Bertz CT molecular complexity index is 408. The molecule has 1 saturated heterocycles. The first kappa shape index (κ1) is 17.3. The Labute approximate surface area is 124 Å². The Hall–Kier alpha value is -0.750. The van der Waals surface area contributed by atoms with Crippen LogP contribution in [-0.2, 0) is 0 Å². The standard InChI is InChI=1S/C14H20F2N2O.ClH/c1-11-2-4-12(5-3-11)13(14(15,16)10-19)18-8-6-17-7-9-18;/h2-5,13,17,19H,6-10H2,1H3;1H/t13-;/m0./s1. The Kier molecular flexibility index (Phi) is 6.33. The number of alkyl halides is 2. The van der Waals surface area contributed by atoms with Gasteiger partial charge in [-0.05, 0) is 12.5 Å². The van der Waals surface area contributed by atoms with E-state index in [1.807, 2.05) is 19.1 Å². The van der Waals surface area contributed by atoms with E-state index in [1.54, 1.807) is 17.0 Å². The van der Waals surface area contributed by atoms with Crippen LogP contribution in [0.5, 0.6) is 0 Å². The highest BCUT2D eigenvalue weighted by molar-refractivity contribution is 5.85. The molecule has 2 N–H and O–H groups in total. The monoisotopic (exact) mass is 306 g/mol. The summed E-state index contributed by atoms with van der Waals surface area (Å²) in [6.45, 7) is 3.32. The fourth-order valence-corrected chi connectivity index (χ4v) is 2.50. The SMILES string of the molecule is Cc1ccc([C@H](N2CCNCC2)C(F)(F)CO)cc1.Cl. The molecule has 20 heavy (non-hydrogen) atoms. The van der Waals surface area contributed by atoms with Crippen molar-refractivity contribution in [1.82, 2.24) is 10.2 Å². The maximum Gasteiger partial charge on any atom is 0.289 e. The van der Waals surface area contributed by atoms with E-state index in [4.69, 9.17) is 5.11 Å². The molecule has 0 aliphatic carbocycles. The van der Waals surface area contributed by atoms with Gasteiger partial charge in [-0.25, -0.2) is 8.78 Å². The number of halogens is 3. The summed E-state index contributed by atoms with van der Waals surface area (Å²) in [6, 6.07) is 6.06. The van der Waals surface area contributed by atoms with Crippen molar-refractivity contribution >= 4 is 12.4 Å². The molecule has 3 nitrogen and oxygen atoms in total. The van der Waals surface area contributed by atoms with Crippen molar-refractivity contribution in [3.8, 4) is 0 Å². The van der Waals surface area contributed by atoms with Gasteiger partial charge >= 0.3 is 0 Å². The van der Waals surface area contributed by atoms with Crippen LogP contribution in [0.15, 0.2) is 24.3 Å². The molecule has 0 bridgehead atoms. The van der Waals surface area contributed by atoms with Gasteiger partial charge in [0.25, 0.3) is 5.92 Å². The maximum absolute atomic E-state index is 14.1. The van der Waals surface area contributed by atoms with Crippen molar-refractivity contribution in [2.24, 2.45) is 0 Å². The molecule has 0 aromatic heterocycles. The second-order valence-electron chi connectivity index (χ2n) is 5.02. The van der Waals surface area contributed by atoms with Gasteiger partial charge in [0, 0.05) is 26.2 Å². The van der Waals surface area contributed by atoms with Crippen molar-refractivity contribution in [1.29, 1.82) is 0 Å². The zero-order valence-corrected chi connectivity index (χ0v) is 12.3. The van der Waals surface area contributed by atoms with E-state index in [2.05, 4.69) is 5.32 Å². The van der Waals surface area contributed by atoms with E-state index in [0.29, 0.717) is 31.7 Å². The van der Waals surface area contributed by atoms with Gasteiger partial charge in [0.2, 0.25) is 0 Å². The zero-order valence-electron chi connectivity index (χ0n) is 11.5. The third kappa shape index (κ3) is 3.88. The number of nitrogens with one attached hydrogen (secondary N) is 1. The topological polar surface area (TPSA) is 35.5 Å². The van der Waals surface area contributed by atoms with E-state index in [9.17, 15) is 8.78 Å². The average molecular weight is 307 g/mol. The summed E-state index contributed by atoms with van der Waals surface area (Å²) >= 11 is 0. The number of benzene rings is 1. The van der Waals surface area contributed by atoms with Crippen LogP contribution in [0.3, 0.4) is 0 Å². The highest BCUT2D eigenvalue weighted by atomic mass is 35.5. The fraction of sp³-hybridized carbons (Fsp3) is 0.571. The highest BCUT2D eigenvalue weighted by Crippen LogP contribution is 2.36. The molecule has 114 valence electrons. The second-order valence-corrected chi connectivity index (χ2v) is 5.02. The molecule has 1 fully saturated rings. The van der Waals surface area contributed by atoms with Crippen molar-refractivity contribution in [3.05, 3.63) is 35.4 Å². The van der Waals surface area contributed by atoms with E-state index in [-0.39, 0.29) is 12.4 Å². The summed E-state index contributed by atoms with van der Waals surface area (Å²) in [7, 11) is 0. The van der Waals surface area contributed by atoms with Crippen LogP contribution >= 0.6 is 12.4 Å². The van der Waals surface area contributed by atoms with Gasteiger partial charge in [0.05, 0.1) is 0 Å². The fourth-order valence-electron chi connectivity index (χ4n) is 2.50. The number of hydrogen-bond donors (Lipinski definition) is 2. The van der Waals surface area contributed by atoms with Gasteiger partial charge in [-0.3, -0.25) is 4.90 Å². The lowest BCUT2D eigenvalue weighted by molar-refractivity contribution is -0.118. The second kappa shape index (κ2) is 7.31. The highest BCUT2D eigenvalue weighted by Gasteiger charge is 2.43. The number of nitrogens with zero attached hydrogens (tertiary/aromatic N) is 1. The van der Waals surface area contributed by atoms with E-state index < -0.39 is 18.6 Å². The molecule has 1 aromatic carbocycles. The van der Waals surface area contributed by atoms with E-state index in [0.717, 1.165) is 5.56 Å². The third-order valence-electron chi connectivity index (χ3n) is 3.52. The quantitative estimate of drug-likeness (QED) is 0.893. The third-order valence-corrected chi connectivity index (χ3v) is 3.52. The normalized spacial score (nSPS) is 18.4. The summed E-state index contributed by atoms with van der Waals surface area (Å²) in [5.41, 5.74) is 1.60. The summed E-state index contributed by atoms with van der Waals surface area (Å²) in [5, 5.41) is 12.2.